The molecule has 0 aromatic carbocycles. The first kappa shape index (κ1) is 19.0. The van der Waals surface area contributed by atoms with Crippen LogP contribution in [0.4, 0.5) is 0 Å². The van der Waals surface area contributed by atoms with E-state index in [0.29, 0.717) is 0 Å². The van der Waals surface area contributed by atoms with Crippen LogP contribution in [-0.4, -0.2) is 0 Å². The molecule has 1 nitrogen and oxygen atoms in total. The second kappa shape index (κ2) is 6.89. The Bertz CT molecular complexity index is 613. The van der Waals surface area contributed by atoms with Crippen molar-refractivity contribution in [3.8, 4) is 0 Å². The molecule has 0 atom stereocenters. The molecule has 0 N–H and O–H groups in total. The molecule has 0 saturated heterocycles. The normalized spacial score (nSPS) is 48.7. The third-order valence-corrected chi connectivity index (χ3v) is 10.3. The highest BCUT2D eigenvalue weighted by molar-refractivity contribution is 5.21. The zero-order chi connectivity index (χ0) is 19.9. The van der Waals surface area contributed by atoms with Crippen molar-refractivity contribution >= 4 is 0 Å². The second-order valence-corrected chi connectivity index (χ2v) is 12.7. The van der Waals surface area contributed by atoms with Crippen molar-refractivity contribution in [2.24, 2.45) is 59.2 Å². The van der Waals surface area contributed by atoms with Crippen LogP contribution in [0.15, 0.2) is 22.7 Å². The summed E-state index contributed by atoms with van der Waals surface area (Å²) in [6, 6.07) is 0. The summed E-state index contributed by atoms with van der Waals surface area (Å²) in [5, 5.41) is 0. The molecule has 8 saturated carbocycles. The molecule has 8 rings (SSSR count). The molecule has 1 heteroatoms. The van der Waals surface area contributed by atoms with E-state index < -0.39 is 0 Å². The Labute approximate surface area is 178 Å². The molecule has 0 aromatic rings. The van der Waals surface area contributed by atoms with Crippen LogP contribution in [0.2, 0.25) is 0 Å². The summed E-state index contributed by atoms with van der Waals surface area (Å²) >= 11 is 0. The molecule has 8 bridgehead atoms. The van der Waals surface area contributed by atoms with Gasteiger partial charge in [0.25, 0.3) is 0 Å². The second-order valence-electron chi connectivity index (χ2n) is 12.7. The fourth-order valence-corrected chi connectivity index (χ4v) is 9.83. The maximum atomic E-state index is 7.18. The first-order valence-electron chi connectivity index (χ1n) is 13.0. The zero-order valence-electron chi connectivity index (χ0n) is 19.3. The Morgan fingerprint density at radius 3 is 0.966 bits per heavy atom. The van der Waals surface area contributed by atoms with Gasteiger partial charge in [0, 0.05) is 11.8 Å². The Kier molecular flexibility index (Phi) is 4.52. The Morgan fingerprint density at radius 2 is 0.724 bits per heavy atom. The lowest BCUT2D eigenvalue weighted by atomic mass is 9.51. The van der Waals surface area contributed by atoms with Crippen molar-refractivity contribution in [3.63, 3.8) is 0 Å². The fraction of sp³-hybridized carbons (Fsp3) is 0.857. The summed E-state index contributed by atoms with van der Waals surface area (Å²) < 4.78 is 7.18. The number of allylic oxidation sites excluding steroid dienone is 4. The van der Waals surface area contributed by atoms with Crippen molar-refractivity contribution in [2.45, 2.75) is 91.9 Å². The molecule has 0 unspecified atom stereocenters. The molecule has 0 aliphatic heterocycles. The van der Waals surface area contributed by atoms with Crippen LogP contribution in [-0.2, 0) is 4.74 Å². The summed E-state index contributed by atoms with van der Waals surface area (Å²) in [5.74, 6) is 12.1. The van der Waals surface area contributed by atoms with E-state index in [1.54, 1.807) is 0 Å². The van der Waals surface area contributed by atoms with Gasteiger partial charge in [-0.25, -0.2) is 0 Å². The van der Waals surface area contributed by atoms with Gasteiger partial charge in [-0.2, -0.15) is 0 Å². The summed E-state index contributed by atoms with van der Waals surface area (Å²) in [6.07, 6.45) is 15.0. The van der Waals surface area contributed by atoms with Gasteiger partial charge in [-0.15, -0.1) is 0 Å². The topological polar surface area (TPSA) is 9.23 Å². The highest BCUT2D eigenvalue weighted by Crippen LogP contribution is 2.61. The summed E-state index contributed by atoms with van der Waals surface area (Å²) in [4.78, 5) is 0. The van der Waals surface area contributed by atoms with Gasteiger partial charge in [0.2, 0.25) is 0 Å². The van der Waals surface area contributed by atoms with Crippen LogP contribution in [0.1, 0.15) is 91.9 Å². The Hall–Kier alpha value is -0.720. The minimum absolute atomic E-state index is 0.721. The smallest absolute Gasteiger partial charge is 0.106 e. The Morgan fingerprint density at radius 1 is 0.448 bits per heavy atom. The Balaban J connectivity index is 1.29. The van der Waals surface area contributed by atoms with Crippen molar-refractivity contribution < 1.29 is 4.74 Å². The quantitative estimate of drug-likeness (QED) is 0.443. The molecule has 29 heavy (non-hydrogen) atoms. The third-order valence-electron chi connectivity index (χ3n) is 10.3. The fourth-order valence-electron chi connectivity index (χ4n) is 9.83. The van der Waals surface area contributed by atoms with Crippen LogP contribution < -0.4 is 0 Å². The van der Waals surface area contributed by atoms with Crippen LogP contribution >= 0.6 is 0 Å². The minimum atomic E-state index is 0.721. The highest BCUT2D eigenvalue weighted by atomic mass is 16.5. The van der Waals surface area contributed by atoms with Crippen molar-refractivity contribution in [1.29, 1.82) is 0 Å². The van der Waals surface area contributed by atoms with Gasteiger partial charge in [0.1, 0.15) is 11.5 Å². The molecule has 8 fully saturated rings. The van der Waals surface area contributed by atoms with Crippen LogP contribution in [0.3, 0.4) is 0 Å². The van der Waals surface area contributed by atoms with Crippen molar-refractivity contribution in [3.05, 3.63) is 22.7 Å². The van der Waals surface area contributed by atoms with E-state index in [4.69, 9.17) is 4.74 Å². The first-order chi connectivity index (χ1) is 14.0. The van der Waals surface area contributed by atoms with Crippen LogP contribution in [0.5, 0.6) is 0 Å². The molecular formula is C28H42O. The van der Waals surface area contributed by atoms with E-state index in [1.165, 1.54) is 86.9 Å². The average Bonchev–Trinajstić information content (AvgIpc) is 2.63. The monoisotopic (exact) mass is 394 g/mol. The lowest BCUT2D eigenvalue weighted by Gasteiger charge is -2.56. The predicted octanol–water partition coefficient (Wildman–Crippen LogP) is 7.74. The summed E-state index contributed by atoms with van der Waals surface area (Å²) in [7, 11) is 0. The maximum absolute atomic E-state index is 7.18. The number of hydrogen-bond acceptors (Lipinski definition) is 1. The summed E-state index contributed by atoms with van der Waals surface area (Å²) in [5.41, 5.74) is 2.93. The van der Waals surface area contributed by atoms with Gasteiger partial charge < -0.3 is 4.74 Å². The molecule has 0 heterocycles. The van der Waals surface area contributed by atoms with Gasteiger partial charge in [-0.3, -0.25) is 0 Å². The van der Waals surface area contributed by atoms with E-state index in [1.807, 2.05) is 0 Å². The SMILES string of the molecule is CC(C)=C(OC(=C(C)C)C1C2CC3CC(C2)CC1C3)C1C2CC3CC(C2)CC1C3. The molecule has 0 spiro atoms. The standard InChI is InChI=1S/C28H42O/c1-15(2)27(25-21-7-17-5-18(9-21)10-22(25)8-17)29-28(16(3)4)26-23-11-19-6-20(13-23)14-24(26)12-19/h17-26H,5-14H2,1-4H3. The molecule has 0 amide bonds. The van der Waals surface area contributed by atoms with Crippen LogP contribution in [0, 0.1) is 59.2 Å². The van der Waals surface area contributed by atoms with Crippen LogP contribution in [0.25, 0.3) is 0 Å². The van der Waals surface area contributed by atoms with E-state index in [9.17, 15) is 0 Å². The molecule has 8 aliphatic rings. The van der Waals surface area contributed by atoms with Gasteiger partial charge in [0.15, 0.2) is 0 Å². The highest BCUT2D eigenvalue weighted by Gasteiger charge is 2.52. The van der Waals surface area contributed by atoms with Gasteiger partial charge in [-0.1, -0.05) is 0 Å². The van der Waals surface area contributed by atoms with Crippen molar-refractivity contribution in [1.82, 2.24) is 0 Å². The predicted molar refractivity (Wildman–Crippen MR) is 119 cm³/mol. The average molecular weight is 395 g/mol. The maximum Gasteiger partial charge on any atom is 0.106 e. The molecule has 0 aromatic heterocycles. The minimum Gasteiger partial charge on any atom is -0.466 e. The number of rotatable bonds is 4. The molecule has 160 valence electrons. The zero-order valence-corrected chi connectivity index (χ0v) is 19.3. The van der Waals surface area contributed by atoms with Gasteiger partial charge in [0.05, 0.1) is 0 Å². The van der Waals surface area contributed by atoms with E-state index in [0.717, 1.165) is 59.2 Å². The van der Waals surface area contributed by atoms with Gasteiger partial charge >= 0.3 is 0 Å². The molecular weight excluding hydrogens is 352 g/mol. The number of ether oxygens (including phenoxy) is 1. The van der Waals surface area contributed by atoms with Gasteiger partial charge in [-0.05, 0) is 150 Å². The molecule has 8 aliphatic carbocycles. The molecule has 0 radical (unpaired) electrons. The summed E-state index contributed by atoms with van der Waals surface area (Å²) in [6.45, 7) is 9.33. The first-order valence-corrected chi connectivity index (χ1v) is 13.0. The largest absolute Gasteiger partial charge is 0.466 e. The van der Waals surface area contributed by atoms with E-state index >= 15 is 0 Å². The van der Waals surface area contributed by atoms with Crippen molar-refractivity contribution in [2.75, 3.05) is 0 Å². The van der Waals surface area contributed by atoms with E-state index in [2.05, 4.69) is 27.7 Å². The number of hydrogen-bond donors (Lipinski definition) is 0. The van der Waals surface area contributed by atoms with E-state index in [-0.39, 0.29) is 0 Å². The lowest BCUT2D eigenvalue weighted by molar-refractivity contribution is -0.0586. The third kappa shape index (κ3) is 3.08. The lowest BCUT2D eigenvalue weighted by Crippen LogP contribution is -2.47.